The highest BCUT2D eigenvalue weighted by molar-refractivity contribution is 5.07. The Bertz CT molecular complexity index is 174. The number of hydrogen-bond donors (Lipinski definition) is 1. The fourth-order valence-corrected chi connectivity index (χ4v) is 2.53. The van der Waals surface area contributed by atoms with Gasteiger partial charge >= 0.3 is 0 Å². The van der Waals surface area contributed by atoms with Crippen molar-refractivity contribution in [3.05, 3.63) is 0 Å². The van der Waals surface area contributed by atoms with Gasteiger partial charge in [0.2, 0.25) is 0 Å². The molecule has 1 unspecified atom stereocenters. The summed E-state index contributed by atoms with van der Waals surface area (Å²) < 4.78 is 11.2. The molecule has 0 amide bonds. The molecule has 3 atom stereocenters. The van der Waals surface area contributed by atoms with Crippen molar-refractivity contribution in [3.8, 4) is 0 Å². The summed E-state index contributed by atoms with van der Waals surface area (Å²) >= 11 is 0. The third kappa shape index (κ3) is 1.00. The van der Waals surface area contributed by atoms with Gasteiger partial charge < -0.3 is 15.2 Å². The summed E-state index contributed by atoms with van der Waals surface area (Å²) in [5.41, 5.74) is 5.70. The smallest absolute Gasteiger partial charge is 0.0882 e. The van der Waals surface area contributed by atoms with Crippen LogP contribution in [0.4, 0.5) is 0 Å². The summed E-state index contributed by atoms with van der Waals surface area (Å²) in [5, 5.41) is 0. The first kappa shape index (κ1) is 8.48. The van der Waals surface area contributed by atoms with Crippen molar-refractivity contribution in [1.29, 1.82) is 0 Å². The standard InChI is InChI=1S/C9H17NO2/c1-2-12-9(6-10)5-8-7(9)3-4-11-8/h7-8H,2-6,10H2,1H3/t7-,8-,9?/m1/s1. The molecule has 1 heterocycles. The predicted molar refractivity (Wildman–Crippen MR) is 45.9 cm³/mol. The van der Waals surface area contributed by atoms with Crippen molar-refractivity contribution < 1.29 is 9.47 Å². The SMILES string of the molecule is CCOC1(CN)C[C@H]2OCC[C@H]21. The molecular formula is C9H17NO2. The second-order valence-electron chi connectivity index (χ2n) is 3.71. The Morgan fingerprint density at radius 1 is 1.67 bits per heavy atom. The third-order valence-electron chi connectivity index (χ3n) is 3.21. The minimum atomic E-state index is -0.0318. The number of hydrogen-bond acceptors (Lipinski definition) is 3. The molecule has 0 aromatic carbocycles. The first-order valence-electron chi connectivity index (χ1n) is 4.78. The van der Waals surface area contributed by atoms with Gasteiger partial charge in [-0.25, -0.2) is 0 Å². The molecule has 0 spiro atoms. The maximum absolute atomic E-state index is 5.73. The number of nitrogens with two attached hydrogens (primary N) is 1. The monoisotopic (exact) mass is 171 g/mol. The van der Waals surface area contributed by atoms with Crippen LogP contribution in [-0.2, 0) is 9.47 Å². The van der Waals surface area contributed by atoms with Crippen molar-refractivity contribution >= 4 is 0 Å². The maximum atomic E-state index is 5.73. The van der Waals surface area contributed by atoms with E-state index in [1.807, 2.05) is 6.92 Å². The summed E-state index contributed by atoms with van der Waals surface area (Å²) in [4.78, 5) is 0. The molecule has 0 bridgehead atoms. The van der Waals surface area contributed by atoms with Gasteiger partial charge in [-0.15, -0.1) is 0 Å². The molecule has 70 valence electrons. The summed E-state index contributed by atoms with van der Waals surface area (Å²) in [5.74, 6) is 0.572. The Morgan fingerprint density at radius 2 is 2.50 bits per heavy atom. The normalized spacial score (nSPS) is 45.5. The molecule has 0 aromatic heterocycles. The van der Waals surface area contributed by atoms with Gasteiger partial charge in [-0.1, -0.05) is 0 Å². The average molecular weight is 171 g/mol. The van der Waals surface area contributed by atoms with Crippen molar-refractivity contribution in [2.45, 2.75) is 31.5 Å². The van der Waals surface area contributed by atoms with E-state index in [0.717, 1.165) is 26.1 Å². The Hall–Kier alpha value is -0.120. The van der Waals surface area contributed by atoms with E-state index in [0.29, 0.717) is 18.6 Å². The molecule has 2 aliphatic rings. The van der Waals surface area contributed by atoms with E-state index in [4.69, 9.17) is 15.2 Å². The van der Waals surface area contributed by atoms with Gasteiger partial charge in [0, 0.05) is 32.1 Å². The van der Waals surface area contributed by atoms with Gasteiger partial charge in [0.25, 0.3) is 0 Å². The van der Waals surface area contributed by atoms with Crippen LogP contribution >= 0.6 is 0 Å². The lowest BCUT2D eigenvalue weighted by atomic mass is 9.66. The summed E-state index contributed by atoms with van der Waals surface area (Å²) in [6.07, 6.45) is 2.57. The highest BCUT2D eigenvalue weighted by Gasteiger charge is 2.56. The van der Waals surface area contributed by atoms with Crippen LogP contribution in [0.2, 0.25) is 0 Å². The van der Waals surface area contributed by atoms with Crippen LogP contribution in [0.1, 0.15) is 19.8 Å². The molecule has 2 rings (SSSR count). The van der Waals surface area contributed by atoms with Crippen LogP contribution in [0.15, 0.2) is 0 Å². The van der Waals surface area contributed by atoms with Gasteiger partial charge in [0.05, 0.1) is 11.7 Å². The van der Waals surface area contributed by atoms with Crippen molar-refractivity contribution in [3.63, 3.8) is 0 Å². The molecular weight excluding hydrogens is 154 g/mol. The zero-order chi connectivity index (χ0) is 8.60. The van der Waals surface area contributed by atoms with E-state index in [1.54, 1.807) is 0 Å². The summed E-state index contributed by atoms with van der Waals surface area (Å²) in [6, 6.07) is 0. The van der Waals surface area contributed by atoms with Crippen LogP contribution in [0, 0.1) is 5.92 Å². The van der Waals surface area contributed by atoms with E-state index < -0.39 is 0 Å². The van der Waals surface area contributed by atoms with Crippen molar-refractivity contribution in [1.82, 2.24) is 0 Å². The maximum Gasteiger partial charge on any atom is 0.0882 e. The van der Waals surface area contributed by atoms with Gasteiger partial charge in [0.15, 0.2) is 0 Å². The highest BCUT2D eigenvalue weighted by atomic mass is 16.5. The van der Waals surface area contributed by atoms with Crippen LogP contribution in [0.25, 0.3) is 0 Å². The molecule has 2 N–H and O–H groups in total. The summed E-state index contributed by atoms with van der Waals surface area (Å²) in [6.45, 7) is 4.33. The Kier molecular flexibility index (Phi) is 2.10. The fraction of sp³-hybridized carbons (Fsp3) is 1.00. The van der Waals surface area contributed by atoms with Gasteiger partial charge in [-0.2, -0.15) is 0 Å². The molecule has 1 saturated heterocycles. The third-order valence-corrected chi connectivity index (χ3v) is 3.21. The highest BCUT2D eigenvalue weighted by Crippen LogP contribution is 2.48. The molecule has 12 heavy (non-hydrogen) atoms. The minimum Gasteiger partial charge on any atom is -0.378 e. The minimum absolute atomic E-state index is 0.0318. The number of rotatable bonds is 3. The van der Waals surface area contributed by atoms with E-state index in [2.05, 4.69) is 0 Å². The lowest BCUT2D eigenvalue weighted by molar-refractivity contribution is -0.179. The molecule has 1 aliphatic carbocycles. The second kappa shape index (κ2) is 2.98. The topological polar surface area (TPSA) is 44.5 Å². The van der Waals surface area contributed by atoms with Crippen molar-refractivity contribution in [2.75, 3.05) is 19.8 Å². The van der Waals surface area contributed by atoms with Gasteiger partial charge in [-0.3, -0.25) is 0 Å². The Labute approximate surface area is 73.2 Å². The zero-order valence-corrected chi connectivity index (χ0v) is 7.58. The fourth-order valence-electron chi connectivity index (χ4n) is 2.53. The van der Waals surface area contributed by atoms with E-state index in [1.165, 1.54) is 0 Å². The second-order valence-corrected chi connectivity index (χ2v) is 3.71. The van der Waals surface area contributed by atoms with Gasteiger partial charge in [0.1, 0.15) is 0 Å². The molecule has 3 heteroatoms. The largest absolute Gasteiger partial charge is 0.378 e. The van der Waals surface area contributed by atoms with Crippen LogP contribution in [0.5, 0.6) is 0 Å². The predicted octanol–water partition coefficient (Wildman–Crippen LogP) is 0.529. The average Bonchev–Trinajstić information content (AvgIpc) is 2.44. The molecule has 0 radical (unpaired) electrons. The van der Waals surface area contributed by atoms with E-state index >= 15 is 0 Å². The van der Waals surface area contributed by atoms with Gasteiger partial charge in [-0.05, 0) is 13.3 Å². The molecule has 3 nitrogen and oxygen atoms in total. The summed E-state index contributed by atoms with van der Waals surface area (Å²) in [7, 11) is 0. The lowest BCUT2D eigenvalue weighted by Crippen LogP contribution is -2.61. The quantitative estimate of drug-likeness (QED) is 0.673. The number of ether oxygens (including phenoxy) is 2. The number of fused-ring (bicyclic) bond motifs is 1. The van der Waals surface area contributed by atoms with Crippen molar-refractivity contribution in [2.24, 2.45) is 11.7 Å². The molecule has 0 aromatic rings. The van der Waals surface area contributed by atoms with Crippen LogP contribution in [0.3, 0.4) is 0 Å². The first-order chi connectivity index (χ1) is 5.82. The lowest BCUT2D eigenvalue weighted by Gasteiger charge is -2.50. The Balaban J connectivity index is 2.01. The van der Waals surface area contributed by atoms with E-state index in [9.17, 15) is 0 Å². The zero-order valence-electron chi connectivity index (χ0n) is 7.58. The van der Waals surface area contributed by atoms with E-state index in [-0.39, 0.29) is 5.60 Å². The van der Waals surface area contributed by atoms with Crippen LogP contribution in [-0.4, -0.2) is 31.5 Å². The first-order valence-corrected chi connectivity index (χ1v) is 4.78. The van der Waals surface area contributed by atoms with Crippen LogP contribution < -0.4 is 5.73 Å². The molecule has 2 fully saturated rings. The Morgan fingerprint density at radius 3 is 3.08 bits per heavy atom. The molecule has 1 aliphatic heterocycles. The molecule has 1 saturated carbocycles.